The third-order valence-electron chi connectivity index (χ3n) is 7.16. The van der Waals surface area contributed by atoms with Crippen LogP contribution in [0.5, 0.6) is 0 Å². The summed E-state index contributed by atoms with van der Waals surface area (Å²) < 4.78 is 13.3. The average molecular weight is 378 g/mol. The van der Waals surface area contributed by atoms with E-state index in [-0.39, 0.29) is 11.7 Å². The van der Waals surface area contributed by atoms with Crippen LogP contribution in [0.4, 0.5) is 15.8 Å². The lowest BCUT2D eigenvalue weighted by Crippen LogP contribution is -2.53. The van der Waals surface area contributed by atoms with E-state index >= 15 is 0 Å². The number of hydrogen-bond donors (Lipinski definition) is 1. The molecule has 3 aliphatic carbocycles. The Bertz CT molecular complexity index is 933. The van der Waals surface area contributed by atoms with Crippen molar-refractivity contribution >= 4 is 17.3 Å². The van der Waals surface area contributed by atoms with Gasteiger partial charge in [0.1, 0.15) is 5.82 Å². The van der Waals surface area contributed by atoms with E-state index in [1.165, 1.54) is 48.1 Å². The summed E-state index contributed by atoms with van der Waals surface area (Å²) in [6, 6.07) is 8.96. The number of nitrogens with one attached hydrogen (secondary N) is 1. The molecule has 4 aliphatic rings. The number of fused-ring (bicyclic) bond motifs is 1. The van der Waals surface area contributed by atoms with Crippen LogP contribution in [0, 0.1) is 31.0 Å². The van der Waals surface area contributed by atoms with Crippen LogP contribution in [0.15, 0.2) is 30.3 Å². The molecule has 3 fully saturated rings. The van der Waals surface area contributed by atoms with Crippen molar-refractivity contribution in [3.05, 3.63) is 58.4 Å². The molecule has 0 saturated heterocycles. The van der Waals surface area contributed by atoms with E-state index in [1.807, 2.05) is 12.1 Å². The molecule has 0 radical (unpaired) electrons. The number of amides is 1. The van der Waals surface area contributed by atoms with Gasteiger partial charge in [0.15, 0.2) is 0 Å². The van der Waals surface area contributed by atoms with E-state index in [2.05, 4.69) is 30.1 Å². The lowest BCUT2D eigenvalue weighted by molar-refractivity contribution is -0.139. The van der Waals surface area contributed by atoms with E-state index in [4.69, 9.17) is 0 Å². The highest BCUT2D eigenvalue weighted by Crippen LogP contribution is 2.66. The van der Waals surface area contributed by atoms with Crippen molar-refractivity contribution in [3.63, 3.8) is 0 Å². The fourth-order valence-corrected chi connectivity index (χ4v) is 5.54. The quantitative estimate of drug-likeness (QED) is 0.799. The average Bonchev–Trinajstić information content (AvgIpc) is 2.61. The predicted octanol–water partition coefficient (Wildman–Crippen LogP) is 5.13. The minimum absolute atomic E-state index is 0.163. The topological polar surface area (TPSA) is 32.3 Å². The van der Waals surface area contributed by atoms with Gasteiger partial charge in [-0.15, -0.1) is 0 Å². The Morgan fingerprint density at radius 2 is 1.93 bits per heavy atom. The predicted molar refractivity (Wildman–Crippen MR) is 110 cm³/mol. The van der Waals surface area contributed by atoms with Crippen LogP contribution in [0.2, 0.25) is 0 Å². The molecule has 2 aromatic rings. The Balaban J connectivity index is 1.37. The lowest BCUT2D eigenvalue weighted by atomic mass is 9.43. The van der Waals surface area contributed by atoms with Crippen LogP contribution in [0.3, 0.4) is 0 Å². The summed E-state index contributed by atoms with van der Waals surface area (Å²) in [5.74, 6) is 0.856. The van der Waals surface area contributed by atoms with Gasteiger partial charge in [-0.3, -0.25) is 4.79 Å². The minimum Gasteiger partial charge on any atom is -0.367 e. The number of hydrogen-bond acceptors (Lipinski definition) is 2. The second-order valence-electron chi connectivity index (χ2n) is 9.18. The molecule has 0 atom stereocenters. The number of carbonyl (C=O) groups is 1. The first kappa shape index (κ1) is 17.7. The van der Waals surface area contributed by atoms with Crippen LogP contribution in [-0.4, -0.2) is 12.5 Å². The van der Waals surface area contributed by atoms with Crippen molar-refractivity contribution in [1.82, 2.24) is 0 Å². The summed E-state index contributed by atoms with van der Waals surface area (Å²) in [4.78, 5) is 15.0. The molecule has 0 aromatic heterocycles. The normalized spacial score (nSPS) is 24.8. The fraction of sp³-hybridized carbons (Fsp3) is 0.458. The molecular weight excluding hydrogens is 351 g/mol. The smallest absolute Gasteiger partial charge is 0.224 e. The van der Waals surface area contributed by atoms with Gasteiger partial charge < -0.3 is 10.2 Å². The van der Waals surface area contributed by atoms with E-state index in [9.17, 15) is 9.18 Å². The van der Waals surface area contributed by atoms with Crippen LogP contribution in [0.25, 0.3) is 0 Å². The van der Waals surface area contributed by atoms with E-state index in [1.54, 1.807) is 0 Å². The summed E-state index contributed by atoms with van der Waals surface area (Å²) in [7, 11) is 0. The van der Waals surface area contributed by atoms with Crippen molar-refractivity contribution in [3.8, 4) is 0 Å². The highest BCUT2D eigenvalue weighted by atomic mass is 19.1. The van der Waals surface area contributed by atoms with Gasteiger partial charge in [0.25, 0.3) is 0 Å². The molecule has 1 heterocycles. The third-order valence-corrected chi connectivity index (χ3v) is 7.16. The van der Waals surface area contributed by atoms with Crippen LogP contribution < -0.4 is 10.2 Å². The summed E-state index contributed by atoms with van der Waals surface area (Å²) in [6.45, 7) is 5.93. The van der Waals surface area contributed by atoms with Crippen molar-refractivity contribution in [1.29, 1.82) is 0 Å². The molecule has 1 aliphatic heterocycles. The number of nitrogens with zero attached hydrogens (tertiary/aromatic N) is 1. The Labute approximate surface area is 165 Å². The largest absolute Gasteiger partial charge is 0.367 e. The number of carbonyl (C=O) groups excluding carboxylic acids is 1. The maximum absolute atomic E-state index is 13.3. The molecule has 2 aromatic carbocycles. The monoisotopic (exact) mass is 378 g/mol. The Morgan fingerprint density at radius 3 is 2.57 bits per heavy atom. The second-order valence-corrected chi connectivity index (χ2v) is 9.18. The Morgan fingerprint density at radius 1 is 1.21 bits per heavy atom. The second kappa shape index (κ2) is 6.33. The number of rotatable bonds is 4. The van der Waals surface area contributed by atoms with Gasteiger partial charge in [-0.2, -0.15) is 0 Å². The van der Waals surface area contributed by atoms with Crippen molar-refractivity contribution in [2.45, 2.75) is 52.5 Å². The summed E-state index contributed by atoms with van der Waals surface area (Å²) in [5, 5.41) is 3.23. The highest BCUT2D eigenvalue weighted by Gasteiger charge is 2.56. The standard InChI is InChI=1S/C24H27FN2O/c1-15-9-18-7-8-27(20-5-3-19(25)4-6-20)14-21(18)16(2)23(15)26-22(28)13-24-10-17(11-24)12-24/h3-6,9,17H,7-8,10-14H2,1-2H3,(H,26,28). The molecule has 146 valence electrons. The molecule has 0 unspecified atom stereocenters. The first-order valence-corrected chi connectivity index (χ1v) is 10.3. The van der Waals surface area contributed by atoms with Gasteiger partial charge in [-0.1, -0.05) is 6.07 Å². The molecule has 4 heteroatoms. The van der Waals surface area contributed by atoms with Gasteiger partial charge in [-0.05, 0) is 97.4 Å². The molecular formula is C24H27FN2O. The van der Waals surface area contributed by atoms with Crippen molar-refractivity contribution in [2.24, 2.45) is 11.3 Å². The number of anilines is 2. The van der Waals surface area contributed by atoms with Crippen molar-refractivity contribution in [2.75, 3.05) is 16.8 Å². The van der Waals surface area contributed by atoms with E-state index < -0.39 is 0 Å². The highest BCUT2D eigenvalue weighted by molar-refractivity contribution is 5.93. The first-order valence-electron chi connectivity index (χ1n) is 10.3. The molecule has 1 amide bonds. The SMILES string of the molecule is Cc1cc2c(c(C)c1NC(=O)CC13CC(C1)C3)CN(c1ccc(F)cc1)CC2. The van der Waals surface area contributed by atoms with E-state index in [0.29, 0.717) is 11.8 Å². The van der Waals surface area contributed by atoms with Crippen LogP contribution >= 0.6 is 0 Å². The zero-order chi connectivity index (χ0) is 19.5. The minimum atomic E-state index is -0.207. The molecule has 0 spiro atoms. The molecule has 28 heavy (non-hydrogen) atoms. The number of aryl methyl sites for hydroxylation is 1. The van der Waals surface area contributed by atoms with Gasteiger partial charge in [-0.25, -0.2) is 4.39 Å². The van der Waals surface area contributed by atoms with Gasteiger partial charge >= 0.3 is 0 Å². The van der Waals surface area contributed by atoms with Crippen LogP contribution in [0.1, 0.15) is 47.9 Å². The Hall–Kier alpha value is -2.36. The molecule has 6 rings (SSSR count). The molecule has 3 nitrogen and oxygen atoms in total. The number of halogens is 1. The third kappa shape index (κ3) is 2.90. The van der Waals surface area contributed by atoms with Gasteiger partial charge in [0, 0.05) is 30.9 Å². The van der Waals surface area contributed by atoms with Crippen LogP contribution in [-0.2, 0) is 17.8 Å². The van der Waals surface area contributed by atoms with Crippen molar-refractivity contribution < 1.29 is 9.18 Å². The van der Waals surface area contributed by atoms with E-state index in [0.717, 1.165) is 42.4 Å². The zero-order valence-corrected chi connectivity index (χ0v) is 16.6. The first-order chi connectivity index (χ1) is 13.4. The van der Waals surface area contributed by atoms with Gasteiger partial charge in [0.05, 0.1) is 0 Å². The van der Waals surface area contributed by atoms with Gasteiger partial charge in [0.2, 0.25) is 5.91 Å². The molecule has 1 N–H and O–H groups in total. The zero-order valence-electron chi connectivity index (χ0n) is 16.6. The summed E-state index contributed by atoms with van der Waals surface area (Å²) in [6.07, 6.45) is 5.37. The lowest BCUT2D eigenvalue weighted by Gasteiger charge is -2.61. The maximum atomic E-state index is 13.3. The molecule has 3 saturated carbocycles. The summed E-state index contributed by atoms with van der Waals surface area (Å²) >= 11 is 0. The Kier molecular flexibility index (Phi) is 4.01. The molecule has 2 bridgehead atoms. The number of benzene rings is 2. The maximum Gasteiger partial charge on any atom is 0.224 e. The fourth-order valence-electron chi connectivity index (χ4n) is 5.54. The summed E-state index contributed by atoms with van der Waals surface area (Å²) in [5.41, 5.74) is 7.33.